The smallest absolute Gasteiger partial charge is 0.243 e. The fourth-order valence-corrected chi connectivity index (χ4v) is 5.42. The van der Waals surface area contributed by atoms with Crippen molar-refractivity contribution < 1.29 is 12.8 Å². The van der Waals surface area contributed by atoms with Gasteiger partial charge in [0.1, 0.15) is 5.82 Å². The van der Waals surface area contributed by atoms with Crippen molar-refractivity contribution in [3.63, 3.8) is 0 Å². The van der Waals surface area contributed by atoms with Crippen LogP contribution in [0.1, 0.15) is 31.6 Å². The first-order valence-electron chi connectivity index (χ1n) is 9.51. The second-order valence-electron chi connectivity index (χ2n) is 6.60. The molecule has 0 aliphatic carbocycles. The summed E-state index contributed by atoms with van der Waals surface area (Å²) in [7, 11) is -3.60. The predicted octanol–water partition coefficient (Wildman–Crippen LogP) is 3.68. The molecule has 0 fully saturated rings. The number of nitrogen functional groups attached to an aromatic ring is 1. The third-order valence-corrected chi connectivity index (χ3v) is 7.88. The topological polar surface area (TPSA) is 94.1 Å². The van der Waals surface area contributed by atoms with Gasteiger partial charge in [0, 0.05) is 23.9 Å². The summed E-state index contributed by atoms with van der Waals surface area (Å²) in [6.45, 7) is 6.33. The highest BCUT2D eigenvalue weighted by Crippen LogP contribution is 2.34. The molecule has 1 aromatic heterocycles. The molecule has 30 heavy (non-hydrogen) atoms. The molecule has 1 heterocycles. The van der Waals surface area contributed by atoms with Crippen LogP contribution in [-0.4, -0.2) is 40.7 Å². The Hall–Kier alpha value is -2.43. The molecule has 1 atom stereocenters. The number of nitrogens with two attached hydrogens (primary N) is 1. The maximum absolute atomic E-state index is 13.1. The Labute approximate surface area is 180 Å². The Morgan fingerprint density at radius 1 is 1.13 bits per heavy atom. The summed E-state index contributed by atoms with van der Waals surface area (Å²) in [6, 6.07) is 12.8. The van der Waals surface area contributed by atoms with Crippen molar-refractivity contribution in [2.24, 2.45) is 0 Å². The van der Waals surface area contributed by atoms with Gasteiger partial charge in [-0.1, -0.05) is 49.9 Å². The van der Waals surface area contributed by atoms with Crippen LogP contribution in [-0.2, 0) is 10.0 Å². The van der Waals surface area contributed by atoms with Gasteiger partial charge in [0.15, 0.2) is 5.82 Å². The van der Waals surface area contributed by atoms with Crippen LogP contribution in [0.2, 0.25) is 0 Å². The van der Waals surface area contributed by atoms with Gasteiger partial charge in [0.05, 0.1) is 4.90 Å². The minimum Gasteiger partial charge on any atom is -0.335 e. The molecule has 2 N–H and O–H groups in total. The van der Waals surface area contributed by atoms with Gasteiger partial charge in [-0.15, -0.1) is 10.2 Å². The molecule has 0 amide bonds. The van der Waals surface area contributed by atoms with E-state index in [1.165, 1.54) is 32.9 Å². The fourth-order valence-electron chi connectivity index (χ4n) is 3.02. The van der Waals surface area contributed by atoms with E-state index in [-0.39, 0.29) is 16.0 Å². The predicted molar refractivity (Wildman–Crippen MR) is 116 cm³/mol. The Morgan fingerprint density at radius 3 is 2.43 bits per heavy atom. The van der Waals surface area contributed by atoms with Crippen LogP contribution in [0.3, 0.4) is 0 Å². The standard InChI is InChI=1S/C20H24FN5O2S2/c1-4-25(5-2)30(27,28)18-8-6-7-16(13-18)19-23-24-20(26(19)22)29-14(3)15-9-11-17(21)12-10-15/h6-14H,4-5,22H2,1-3H3. The van der Waals surface area contributed by atoms with Crippen molar-refractivity contribution in [3.05, 3.63) is 59.9 Å². The monoisotopic (exact) mass is 449 g/mol. The lowest BCUT2D eigenvalue weighted by atomic mass is 10.2. The molecular weight excluding hydrogens is 425 g/mol. The number of benzene rings is 2. The summed E-state index contributed by atoms with van der Waals surface area (Å²) in [5.74, 6) is 6.28. The molecule has 0 spiro atoms. The summed E-state index contributed by atoms with van der Waals surface area (Å²) in [6.07, 6.45) is 0. The van der Waals surface area contributed by atoms with E-state index in [2.05, 4.69) is 10.2 Å². The highest BCUT2D eigenvalue weighted by atomic mass is 32.2. The van der Waals surface area contributed by atoms with Crippen LogP contribution in [0.5, 0.6) is 0 Å². The SMILES string of the molecule is CCN(CC)S(=O)(=O)c1cccc(-c2nnc(SC(C)c3ccc(F)cc3)n2N)c1. The number of rotatable bonds is 8. The number of nitrogens with zero attached hydrogens (tertiary/aromatic N) is 4. The number of hydrogen-bond acceptors (Lipinski definition) is 6. The highest BCUT2D eigenvalue weighted by Gasteiger charge is 2.23. The minimum atomic E-state index is -3.60. The van der Waals surface area contributed by atoms with Crippen molar-refractivity contribution in [3.8, 4) is 11.4 Å². The van der Waals surface area contributed by atoms with Crippen molar-refractivity contribution in [1.29, 1.82) is 0 Å². The second-order valence-corrected chi connectivity index (χ2v) is 9.85. The molecule has 3 aromatic rings. The van der Waals surface area contributed by atoms with Gasteiger partial charge in [0.2, 0.25) is 15.2 Å². The molecule has 0 saturated heterocycles. The van der Waals surface area contributed by atoms with E-state index in [1.807, 2.05) is 6.92 Å². The van der Waals surface area contributed by atoms with Gasteiger partial charge >= 0.3 is 0 Å². The highest BCUT2D eigenvalue weighted by molar-refractivity contribution is 7.99. The van der Waals surface area contributed by atoms with E-state index in [9.17, 15) is 12.8 Å². The molecule has 2 aromatic carbocycles. The van der Waals surface area contributed by atoms with Crippen molar-refractivity contribution in [2.45, 2.75) is 36.1 Å². The van der Waals surface area contributed by atoms with Crippen LogP contribution in [0, 0.1) is 5.82 Å². The van der Waals surface area contributed by atoms with E-state index < -0.39 is 10.0 Å². The molecule has 0 aliphatic rings. The zero-order valence-electron chi connectivity index (χ0n) is 17.0. The summed E-state index contributed by atoms with van der Waals surface area (Å²) in [5, 5.41) is 8.75. The normalized spacial score (nSPS) is 13.0. The molecule has 1 unspecified atom stereocenters. The van der Waals surface area contributed by atoms with Gasteiger partial charge < -0.3 is 5.84 Å². The first-order chi connectivity index (χ1) is 14.3. The summed E-state index contributed by atoms with van der Waals surface area (Å²) in [5.41, 5.74) is 1.48. The fraction of sp³-hybridized carbons (Fsp3) is 0.300. The Balaban J connectivity index is 1.88. The van der Waals surface area contributed by atoms with Crippen LogP contribution in [0.15, 0.2) is 58.6 Å². The van der Waals surface area contributed by atoms with E-state index >= 15 is 0 Å². The lowest BCUT2D eigenvalue weighted by molar-refractivity contribution is 0.445. The van der Waals surface area contributed by atoms with Crippen molar-refractivity contribution in [1.82, 2.24) is 19.2 Å². The molecule has 3 rings (SSSR count). The van der Waals surface area contributed by atoms with E-state index in [4.69, 9.17) is 5.84 Å². The lowest BCUT2D eigenvalue weighted by Gasteiger charge is -2.18. The number of halogens is 1. The van der Waals surface area contributed by atoms with E-state index in [0.29, 0.717) is 29.6 Å². The van der Waals surface area contributed by atoms with Gasteiger partial charge in [-0.2, -0.15) is 4.31 Å². The first-order valence-corrected chi connectivity index (χ1v) is 11.8. The Morgan fingerprint density at radius 2 is 1.80 bits per heavy atom. The van der Waals surface area contributed by atoms with E-state index in [0.717, 1.165) is 5.56 Å². The number of thioether (sulfide) groups is 1. The van der Waals surface area contributed by atoms with E-state index in [1.54, 1.807) is 50.2 Å². The number of hydrogen-bond donors (Lipinski definition) is 1. The van der Waals surface area contributed by atoms with Crippen molar-refractivity contribution in [2.75, 3.05) is 18.9 Å². The molecule has 10 heteroatoms. The summed E-state index contributed by atoms with van der Waals surface area (Å²) >= 11 is 1.38. The zero-order chi connectivity index (χ0) is 21.9. The van der Waals surface area contributed by atoms with Crippen LogP contribution < -0.4 is 5.84 Å². The molecule has 0 radical (unpaired) electrons. The second kappa shape index (κ2) is 9.15. The maximum atomic E-state index is 13.1. The number of aromatic nitrogens is 3. The van der Waals surface area contributed by atoms with Gasteiger partial charge in [-0.3, -0.25) is 0 Å². The minimum absolute atomic E-state index is 0.0284. The molecule has 7 nitrogen and oxygen atoms in total. The lowest BCUT2D eigenvalue weighted by Crippen LogP contribution is -2.30. The average molecular weight is 450 g/mol. The Kier molecular flexibility index (Phi) is 6.79. The molecule has 0 bridgehead atoms. The summed E-state index contributed by atoms with van der Waals surface area (Å²) < 4.78 is 41.5. The molecule has 0 aliphatic heterocycles. The van der Waals surface area contributed by atoms with Gasteiger partial charge in [-0.05, 0) is 36.8 Å². The van der Waals surface area contributed by atoms with Crippen molar-refractivity contribution >= 4 is 21.8 Å². The van der Waals surface area contributed by atoms with Gasteiger partial charge in [0.25, 0.3) is 0 Å². The first kappa shape index (κ1) is 22.3. The molecule has 160 valence electrons. The third kappa shape index (κ3) is 4.50. The zero-order valence-corrected chi connectivity index (χ0v) is 18.6. The van der Waals surface area contributed by atoms with Crippen LogP contribution in [0.4, 0.5) is 4.39 Å². The molecule has 0 saturated carbocycles. The maximum Gasteiger partial charge on any atom is 0.243 e. The Bertz CT molecular complexity index is 1110. The average Bonchev–Trinajstić information content (AvgIpc) is 3.09. The quantitative estimate of drug-likeness (QED) is 0.416. The third-order valence-electron chi connectivity index (χ3n) is 4.72. The molecular formula is C20H24FN5O2S2. The van der Waals surface area contributed by atoms with Crippen LogP contribution >= 0.6 is 11.8 Å². The summed E-state index contributed by atoms with van der Waals surface area (Å²) in [4.78, 5) is 0.181. The van der Waals surface area contributed by atoms with Crippen LogP contribution in [0.25, 0.3) is 11.4 Å². The largest absolute Gasteiger partial charge is 0.335 e. The number of sulfonamides is 1. The van der Waals surface area contributed by atoms with Gasteiger partial charge in [-0.25, -0.2) is 17.5 Å².